The lowest BCUT2D eigenvalue weighted by atomic mass is 9.77. The first kappa shape index (κ1) is 14.2. The highest BCUT2D eigenvalue weighted by Crippen LogP contribution is 2.51. The monoisotopic (exact) mass is 306 g/mol. The van der Waals surface area contributed by atoms with Crippen molar-refractivity contribution in [1.29, 1.82) is 0 Å². The maximum absolute atomic E-state index is 12.8. The van der Waals surface area contributed by atoms with E-state index < -0.39 is 29.5 Å². The fourth-order valence-corrected chi connectivity index (χ4v) is 4.94. The van der Waals surface area contributed by atoms with Crippen LogP contribution >= 0.6 is 0 Å². The number of nitrogens with zero attached hydrogens (tertiary/aromatic N) is 1. The van der Waals surface area contributed by atoms with E-state index in [2.05, 4.69) is 6.92 Å². The lowest BCUT2D eigenvalue weighted by Crippen LogP contribution is -3.14. The molecule has 4 aliphatic rings. The van der Waals surface area contributed by atoms with E-state index in [4.69, 9.17) is 4.74 Å². The highest BCUT2D eigenvalue weighted by atomic mass is 16.5. The van der Waals surface area contributed by atoms with Crippen LogP contribution in [-0.2, 0) is 14.3 Å². The summed E-state index contributed by atoms with van der Waals surface area (Å²) in [5, 5.41) is 11.4. The summed E-state index contributed by atoms with van der Waals surface area (Å²) in [6.45, 7) is 5.61. The number of hydrogen-bond acceptors (Lipinski definition) is 4. The number of aliphatic carboxylic acids is 1. The number of likely N-dealkylation sites (N-methyl/N-ethyl adjacent to an activating group) is 1. The summed E-state index contributed by atoms with van der Waals surface area (Å²) in [4.78, 5) is 27.6. The summed E-state index contributed by atoms with van der Waals surface area (Å²) in [5.41, 5.74) is -0.725. The summed E-state index contributed by atoms with van der Waals surface area (Å²) in [7, 11) is 0. The number of fused-ring (bicyclic) bond motifs is 1. The molecular weight excluding hydrogens is 284 g/mol. The Labute approximate surface area is 129 Å². The fourth-order valence-electron chi connectivity index (χ4n) is 4.94. The first-order valence-electron chi connectivity index (χ1n) is 8.27. The number of carbonyl (C=O) groups excluding carboxylic acids is 2. The Morgan fingerprint density at radius 2 is 2.41 bits per heavy atom. The number of ether oxygens (including phenoxy) is 1. The average Bonchev–Trinajstić information content (AvgIpc) is 3.21. The Bertz CT molecular complexity index is 548. The smallest absolute Gasteiger partial charge is 0.230 e. The molecule has 6 heteroatoms. The van der Waals surface area contributed by atoms with Crippen molar-refractivity contribution in [2.75, 3.05) is 26.2 Å². The quantitative estimate of drug-likeness (QED) is 0.587. The Morgan fingerprint density at radius 1 is 1.59 bits per heavy atom. The molecule has 0 saturated carbocycles. The molecule has 1 unspecified atom stereocenters. The van der Waals surface area contributed by atoms with Gasteiger partial charge in [-0.1, -0.05) is 12.2 Å². The van der Waals surface area contributed by atoms with Crippen LogP contribution in [0, 0.1) is 11.8 Å². The zero-order chi connectivity index (χ0) is 15.5. The molecule has 120 valence electrons. The lowest BCUT2D eigenvalue weighted by Gasteiger charge is -2.27. The number of nitrogens with one attached hydrogen (secondary N) is 1. The third kappa shape index (κ3) is 1.80. The van der Waals surface area contributed by atoms with Gasteiger partial charge in [0.15, 0.2) is 0 Å². The van der Waals surface area contributed by atoms with Crippen molar-refractivity contribution in [1.82, 2.24) is 4.90 Å². The van der Waals surface area contributed by atoms with Crippen molar-refractivity contribution in [3.05, 3.63) is 12.2 Å². The molecule has 4 aliphatic heterocycles. The van der Waals surface area contributed by atoms with Gasteiger partial charge >= 0.3 is 0 Å². The van der Waals surface area contributed by atoms with E-state index in [1.807, 2.05) is 11.0 Å². The summed E-state index contributed by atoms with van der Waals surface area (Å²) < 4.78 is 5.87. The van der Waals surface area contributed by atoms with Gasteiger partial charge in [-0.25, -0.2) is 0 Å². The molecule has 4 rings (SSSR count). The number of carboxylic acid groups (broad SMARTS) is 1. The van der Waals surface area contributed by atoms with Crippen molar-refractivity contribution in [2.24, 2.45) is 11.8 Å². The number of likely N-dealkylation sites (tertiary alicyclic amines) is 2. The number of amides is 1. The number of hydrogen-bond donors (Lipinski definition) is 1. The van der Waals surface area contributed by atoms with Crippen LogP contribution in [0.25, 0.3) is 0 Å². The van der Waals surface area contributed by atoms with Gasteiger partial charge in [-0.2, -0.15) is 0 Å². The number of quaternary nitrogens is 1. The Balaban J connectivity index is 1.55. The zero-order valence-corrected chi connectivity index (χ0v) is 12.8. The van der Waals surface area contributed by atoms with E-state index >= 15 is 0 Å². The van der Waals surface area contributed by atoms with E-state index in [-0.39, 0.29) is 5.91 Å². The topological polar surface area (TPSA) is 74.1 Å². The van der Waals surface area contributed by atoms with Gasteiger partial charge in [0.2, 0.25) is 5.91 Å². The molecule has 6 nitrogen and oxygen atoms in total. The fraction of sp³-hybridized carbons (Fsp3) is 0.750. The van der Waals surface area contributed by atoms with Crippen LogP contribution in [-0.4, -0.2) is 60.7 Å². The van der Waals surface area contributed by atoms with Crippen LogP contribution in [0.5, 0.6) is 0 Å². The molecule has 1 N–H and O–H groups in total. The molecule has 3 saturated heterocycles. The van der Waals surface area contributed by atoms with E-state index in [1.165, 1.54) is 6.42 Å². The minimum atomic E-state index is -1.17. The minimum Gasteiger partial charge on any atom is -0.550 e. The second-order valence-electron chi connectivity index (χ2n) is 7.04. The van der Waals surface area contributed by atoms with E-state index in [1.54, 1.807) is 11.0 Å². The van der Waals surface area contributed by atoms with Crippen molar-refractivity contribution in [2.45, 2.75) is 37.5 Å². The molecule has 1 amide bonds. The van der Waals surface area contributed by atoms with Gasteiger partial charge < -0.3 is 24.4 Å². The SMILES string of the molecule is CC[NH+]1CCC[C@@H]1CN1C[C@@]23C=C[C@H](O2)[C@H](C(=O)[O-])[C@@H]3C1=O. The summed E-state index contributed by atoms with van der Waals surface area (Å²) >= 11 is 0. The third-order valence-corrected chi connectivity index (χ3v) is 5.97. The van der Waals surface area contributed by atoms with Gasteiger partial charge in [-0.05, 0) is 6.92 Å². The molecular formula is C16H22N2O4. The summed E-state index contributed by atoms with van der Waals surface area (Å²) in [6.07, 6.45) is 5.52. The third-order valence-electron chi connectivity index (χ3n) is 5.97. The molecule has 4 heterocycles. The maximum atomic E-state index is 12.8. The van der Waals surface area contributed by atoms with Crippen LogP contribution in [0.1, 0.15) is 19.8 Å². The highest BCUT2D eigenvalue weighted by Gasteiger charge is 2.65. The summed E-state index contributed by atoms with van der Waals surface area (Å²) in [6, 6.07) is 0.465. The second kappa shape index (κ2) is 4.80. The highest BCUT2D eigenvalue weighted by molar-refractivity contribution is 5.90. The Hall–Kier alpha value is -1.40. The van der Waals surface area contributed by atoms with Crippen molar-refractivity contribution < 1.29 is 24.3 Å². The molecule has 22 heavy (non-hydrogen) atoms. The molecule has 1 spiro atoms. The van der Waals surface area contributed by atoms with Crippen LogP contribution < -0.4 is 10.0 Å². The lowest BCUT2D eigenvalue weighted by molar-refractivity contribution is -0.909. The summed E-state index contributed by atoms with van der Waals surface area (Å²) in [5.74, 6) is -2.67. The molecule has 3 fully saturated rings. The van der Waals surface area contributed by atoms with Crippen LogP contribution in [0.3, 0.4) is 0 Å². The molecule has 6 atom stereocenters. The van der Waals surface area contributed by atoms with Gasteiger partial charge in [0.1, 0.15) is 11.6 Å². The Kier molecular flexibility index (Phi) is 3.10. The Morgan fingerprint density at radius 3 is 3.14 bits per heavy atom. The van der Waals surface area contributed by atoms with Gasteiger partial charge in [-0.3, -0.25) is 4.79 Å². The van der Waals surface area contributed by atoms with Crippen LogP contribution in [0.15, 0.2) is 12.2 Å². The van der Waals surface area contributed by atoms with E-state index in [9.17, 15) is 14.7 Å². The van der Waals surface area contributed by atoms with Crippen LogP contribution in [0.2, 0.25) is 0 Å². The van der Waals surface area contributed by atoms with Crippen molar-refractivity contribution in [3.8, 4) is 0 Å². The molecule has 0 aliphatic carbocycles. The van der Waals surface area contributed by atoms with Crippen molar-refractivity contribution in [3.63, 3.8) is 0 Å². The van der Waals surface area contributed by atoms with Gasteiger partial charge in [0.25, 0.3) is 0 Å². The minimum absolute atomic E-state index is 0.0663. The zero-order valence-electron chi connectivity index (χ0n) is 12.8. The first-order valence-corrected chi connectivity index (χ1v) is 8.27. The van der Waals surface area contributed by atoms with Gasteiger partial charge in [0, 0.05) is 24.7 Å². The average molecular weight is 306 g/mol. The normalized spacial score (nSPS) is 45.8. The molecule has 0 aromatic rings. The van der Waals surface area contributed by atoms with Crippen LogP contribution in [0.4, 0.5) is 0 Å². The maximum Gasteiger partial charge on any atom is 0.230 e. The van der Waals surface area contributed by atoms with Gasteiger partial charge in [-0.15, -0.1) is 0 Å². The number of rotatable bonds is 4. The number of carbonyl (C=O) groups is 2. The molecule has 0 aromatic heterocycles. The first-order chi connectivity index (χ1) is 10.6. The largest absolute Gasteiger partial charge is 0.550 e. The molecule has 0 aromatic carbocycles. The predicted molar refractivity (Wildman–Crippen MR) is 74.7 cm³/mol. The molecule has 2 bridgehead atoms. The van der Waals surface area contributed by atoms with Crippen molar-refractivity contribution >= 4 is 11.9 Å². The van der Waals surface area contributed by atoms with Gasteiger partial charge in [0.05, 0.1) is 38.2 Å². The van der Waals surface area contributed by atoms with E-state index in [0.29, 0.717) is 19.1 Å². The van der Waals surface area contributed by atoms with E-state index in [0.717, 1.165) is 19.5 Å². The second-order valence-corrected chi connectivity index (χ2v) is 7.04. The standard InChI is InChI=1S/C16H22N2O4/c1-2-17-7-3-4-10(17)8-18-9-16-6-5-11(22-16)12(15(20)21)13(16)14(18)19/h5-6,10-13H,2-4,7-9H2,1H3,(H,20,21)/t10-,11+,12+,13-,16-/m1/s1. The number of carboxylic acids is 1. The predicted octanol–water partition coefficient (Wildman–Crippen LogP) is -2.41. The molecule has 0 radical (unpaired) electrons.